The Morgan fingerprint density at radius 2 is 2.00 bits per heavy atom. The van der Waals surface area contributed by atoms with Crippen LogP contribution in [0.3, 0.4) is 0 Å². The van der Waals surface area contributed by atoms with Gasteiger partial charge in [0.05, 0.1) is 4.75 Å². The smallest absolute Gasteiger partial charge is 0.113 e. The van der Waals surface area contributed by atoms with E-state index in [1.807, 2.05) is 6.08 Å². The quantitative estimate of drug-likeness (QED) is 0.507. The molecule has 0 spiro atoms. The number of allylic oxidation sites excluding steroid dienone is 2. The van der Waals surface area contributed by atoms with E-state index in [1.165, 1.54) is 0 Å². The van der Waals surface area contributed by atoms with Gasteiger partial charge in [-0.25, -0.2) is 15.0 Å². The van der Waals surface area contributed by atoms with Gasteiger partial charge in [0.15, 0.2) is 0 Å². The first kappa shape index (κ1) is 10.8. The van der Waals surface area contributed by atoms with E-state index in [9.17, 15) is 8.42 Å². The molecule has 0 amide bonds. The minimum absolute atomic E-state index is 0.0896. The molecule has 2 rings (SSSR count). The van der Waals surface area contributed by atoms with E-state index < -0.39 is 14.6 Å². The summed E-state index contributed by atoms with van der Waals surface area (Å²) in [6.07, 6.45) is 5.00. The summed E-state index contributed by atoms with van der Waals surface area (Å²) in [4.78, 5) is 0. The van der Waals surface area contributed by atoms with Crippen LogP contribution < -0.4 is 0 Å². The number of rotatable bonds is 1. The van der Waals surface area contributed by atoms with E-state index in [2.05, 4.69) is 12.7 Å². The molecule has 2 nitrogen and oxygen atoms in total. The zero-order valence-electron chi connectivity index (χ0n) is 9.45. The average molecular weight is 225 g/mol. The van der Waals surface area contributed by atoms with Crippen LogP contribution in [0, 0.1) is 17.1 Å². The molecule has 2 bridgehead atoms. The second-order valence-electron chi connectivity index (χ2n) is 5.34. The monoisotopic (exact) mass is 225 g/mol. The zero-order valence-corrected chi connectivity index (χ0v) is 10.3. The molecule has 0 heterocycles. The van der Waals surface area contributed by atoms with Crippen LogP contribution >= 0.6 is 0 Å². The van der Waals surface area contributed by atoms with Crippen molar-refractivity contribution >= 4 is 9.84 Å². The van der Waals surface area contributed by atoms with Gasteiger partial charge in [-0.1, -0.05) is 29.7 Å². The summed E-state index contributed by atoms with van der Waals surface area (Å²) in [5.41, 5.74) is 0.817. The molecule has 0 aliphatic heterocycles. The zero-order chi connectivity index (χ0) is 11.4. The fraction of sp³-hybridized carbons (Fsp3) is 0.583. The summed E-state index contributed by atoms with van der Waals surface area (Å²) in [6.45, 7) is 9.18. The third-order valence-corrected chi connectivity index (χ3v) is 6.04. The first-order chi connectivity index (χ1) is 6.75. The Morgan fingerprint density at radius 1 is 1.40 bits per heavy atom. The van der Waals surface area contributed by atoms with Crippen molar-refractivity contribution in [1.29, 1.82) is 0 Å². The van der Waals surface area contributed by atoms with Crippen LogP contribution in [-0.4, -0.2) is 13.2 Å². The van der Waals surface area contributed by atoms with Crippen molar-refractivity contribution in [2.75, 3.05) is 0 Å². The molecule has 3 heteroatoms. The van der Waals surface area contributed by atoms with E-state index in [0.29, 0.717) is 5.25 Å². The topological polar surface area (TPSA) is 34.1 Å². The molecular formula is C12H17O2S-. The second-order valence-corrected chi connectivity index (χ2v) is 8.01. The van der Waals surface area contributed by atoms with Crippen molar-refractivity contribution in [1.82, 2.24) is 0 Å². The summed E-state index contributed by atoms with van der Waals surface area (Å²) < 4.78 is 23.9. The first-order valence-corrected chi connectivity index (χ1v) is 6.72. The minimum atomic E-state index is -3.19. The van der Waals surface area contributed by atoms with E-state index in [-0.39, 0.29) is 11.8 Å². The Balaban J connectivity index is 2.42. The highest BCUT2D eigenvalue weighted by Crippen LogP contribution is 2.52. The summed E-state index contributed by atoms with van der Waals surface area (Å²) in [5, 5.41) is 0.586. The number of hydrogen-bond donors (Lipinski definition) is 0. The van der Waals surface area contributed by atoms with E-state index >= 15 is 0 Å². The minimum Gasteiger partial charge on any atom is -0.242 e. The van der Waals surface area contributed by atoms with Crippen LogP contribution in [0.4, 0.5) is 0 Å². The Bertz CT molecular complexity index is 423. The molecule has 0 aromatic carbocycles. The van der Waals surface area contributed by atoms with Crippen LogP contribution in [0.5, 0.6) is 0 Å². The average Bonchev–Trinajstić information content (AvgIpc) is 2.60. The standard InChI is InChI=1S/C12H17O2S/c1-8-9-5-6-10(7-9)11(8)15(13,14)12(2,3)4/h5-6,9-10H,1,7H2,2-4H3/q-1/t9-,10+/m0/s1. The molecule has 0 aromatic heterocycles. The number of hydrogen-bond acceptors (Lipinski definition) is 2. The normalized spacial score (nSPS) is 30.3. The Labute approximate surface area is 92.0 Å². The van der Waals surface area contributed by atoms with Gasteiger partial charge in [0.25, 0.3) is 0 Å². The van der Waals surface area contributed by atoms with E-state index in [0.717, 1.165) is 12.0 Å². The van der Waals surface area contributed by atoms with Crippen LogP contribution in [-0.2, 0) is 9.84 Å². The highest BCUT2D eigenvalue weighted by molar-refractivity contribution is 7.95. The Hall–Kier alpha value is -0.700. The molecule has 0 aromatic rings. The van der Waals surface area contributed by atoms with Crippen molar-refractivity contribution < 1.29 is 8.42 Å². The molecule has 2 aliphatic carbocycles. The number of fused-ring (bicyclic) bond motifs is 2. The summed E-state index contributed by atoms with van der Waals surface area (Å²) in [7, 11) is -3.19. The predicted molar refractivity (Wildman–Crippen MR) is 61.8 cm³/mol. The first-order valence-electron chi connectivity index (χ1n) is 5.24. The molecule has 1 fully saturated rings. The van der Waals surface area contributed by atoms with Crippen LogP contribution in [0.15, 0.2) is 24.3 Å². The van der Waals surface area contributed by atoms with Gasteiger partial charge in [-0.2, -0.15) is 5.57 Å². The Kier molecular flexibility index (Phi) is 2.10. The fourth-order valence-electron chi connectivity index (χ4n) is 2.27. The van der Waals surface area contributed by atoms with Crippen LogP contribution in [0.25, 0.3) is 0 Å². The van der Waals surface area contributed by atoms with Gasteiger partial charge in [-0.3, -0.25) is 0 Å². The molecule has 84 valence electrons. The van der Waals surface area contributed by atoms with Crippen LogP contribution in [0.2, 0.25) is 0 Å². The van der Waals surface area contributed by atoms with Crippen molar-refractivity contribution in [3.05, 3.63) is 29.6 Å². The molecule has 1 saturated carbocycles. The van der Waals surface area contributed by atoms with Crippen molar-refractivity contribution in [3.63, 3.8) is 0 Å². The SMILES string of the molecule is C=C1[C-](S(=O)(=O)C(C)(C)C)[C@@H]2C=C[C@H]1C2. The van der Waals surface area contributed by atoms with Gasteiger partial charge in [0, 0.05) is 0 Å². The van der Waals surface area contributed by atoms with Gasteiger partial charge in [0.2, 0.25) is 0 Å². The molecule has 0 radical (unpaired) electrons. The van der Waals surface area contributed by atoms with Crippen molar-refractivity contribution in [2.45, 2.75) is 31.9 Å². The molecule has 0 N–H and O–H groups in total. The van der Waals surface area contributed by atoms with Gasteiger partial charge < -0.3 is 0 Å². The van der Waals surface area contributed by atoms with E-state index in [4.69, 9.17) is 0 Å². The highest BCUT2D eigenvalue weighted by Gasteiger charge is 2.42. The predicted octanol–water partition coefficient (Wildman–Crippen LogP) is 2.49. The lowest BCUT2D eigenvalue weighted by Gasteiger charge is -2.36. The lowest BCUT2D eigenvalue weighted by atomic mass is 10.0. The molecular weight excluding hydrogens is 208 g/mol. The lowest BCUT2D eigenvalue weighted by Crippen LogP contribution is -2.35. The largest absolute Gasteiger partial charge is 0.242 e. The summed E-state index contributed by atoms with van der Waals surface area (Å²) in [5.74, 6) is 0.355. The van der Waals surface area contributed by atoms with Crippen LogP contribution in [0.1, 0.15) is 27.2 Å². The lowest BCUT2D eigenvalue weighted by molar-refractivity contribution is 0.555. The molecule has 2 aliphatic rings. The maximum absolute atomic E-state index is 12.3. The van der Waals surface area contributed by atoms with Gasteiger partial charge in [-0.15, -0.1) is 0 Å². The van der Waals surface area contributed by atoms with E-state index in [1.54, 1.807) is 20.8 Å². The highest BCUT2D eigenvalue weighted by atomic mass is 32.2. The molecule has 15 heavy (non-hydrogen) atoms. The maximum atomic E-state index is 12.3. The molecule has 0 unspecified atom stereocenters. The summed E-state index contributed by atoms with van der Waals surface area (Å²) >= 11 is 0. The Morgan fingerprint density at radius 3 is 2.40 bits per heavy atom. The summed E-state index contributed by atoms with van der Waals surface area (Å²) in [6, 6.07) is 0. The maximum Gasteiger partial charge on any atom is 0.113 e. The van der Waals surface area contributed by atoms with Gasteiger partial charge >= 0.3 is 0 Å². The van der Waals surface area contributed by atoms with Crippen molar-refractivity contribution in [2.24, 2.45) is 11.8 Å². The fourth-order valence-corrected chi connectivity index (χ4v) is 4.00. The van der Waals surface area contributed by atoms with Gasteiger partial charge in [-0.05, 0) is 26.7 Å². The third-order valence-electron chi connectivity index (χ3n) is 3.28. The third kappa shape index (κ3) is 1.36. The molecule has 0 saturated heterocycles. The molecule has 2 atom stereocenters. The van der Waals surface area contributed by atoms with Gasteiger partial charge in [0.1, 0.15) is 9.84 Å². The second kappa shape index (κ2) is 2.91. The number of sulfone groups is 1. The van der Waals surface area contributed by atoms with Crippen molar-refractivity contribution in [3.8, 4) is 0 Å².